The molecule has 1 aliphatic rings. The Bertz CT molecular complexity index is 1330. The zero-order valence-corrected chi connectivity index (χ0v) is 18.6. The molecule has 1 aliphatic heterocycles. The molecule has 10 nitrogen and oxygen atoms in total. The topological polar surface area (TPSA) is 144 Å². The van der Waals surface area contributed by atoms with Gasteiger partial charge in [-0.25, -0.2) is 8.42 Å². The molecule has 1 atom stereocenters. The summed E-state index contributed by atoms with van der Waals surface area (Å²) in [5.41, 5.74) is 6.46. The number of amides is 2. The minimum Gasteiger partial charge on any atom is -0.497 e. The highest BCUT2D eigenvalue weighted by molar-refractivity contribution is 7.89. The lowest BCUT2D eigenvalue weighted by molar-refractivity contribution is -0.132. The maximum Gasteiger partial charge on any atom is 0.244 e. The van der Waals surface area contributed by atoms with E-state index in [9.17, 15) is 18.0 Å². The molecule has 11 heteroatoms. The number of sulfonamides is 1. The lowest BCUT2D eigenvalue weighted by atomic mass is 10.1. The predicted molar refractivity (Wildman–Crippen MR) is 123 cm³/mol. The van der Waals surface area contributed by atoms with Gasteiger partial charge in [0.25, 0.3) is 0 Å². The Hall–Kier alpha value is -3.70. The van der Waals surface area contributed by atoms with Crippen LogP contribution in [0.4, 0.5) is 11.4 Å². The molecule has 172 valence electrons. The van der Waals surface area contributed by atoms with E-state index in [1.54, 1.807) is 24.3 Å². The van der Waals surface area contributed by atoms with Gasteiger partial charge in [0, 0.05) is 12.7 Å². The number of hydrogen-bond acceptors (Lipinski definition) is 7. The van der Waals surface area contributed by atoms with Crippen molar-refractivity contribution in [2.75, 3.05) is 31.2 Å². The zero-order chi connectivity index (χ0) is 23.6. The van der Waals surface area contributed by atoms with Crippen LogP contribution in [0, 0.1) is 0 Å². The number of likely N-dealkylation sites (tertiary alicyclic amines) is 1. The van der Waals surface area contributed by atoms with Gasteiger partial charge in [-0.1, -0.05) is 12.1 Å². The molecule has 1 fully saturated rings. The van der Waals surface area contributed by atoms with Crippen LogP contribution in [0.15, 0.2) is 59.8 Å². The monoisotopic (exact) mass is 469 g/mol. The number of nitrogen functional groups attached to an aromatic ring is 1. The van der Waals surface area contributed by atoms with E-state index in [0.717, 1.165) is 5.39 Å². The largest absolute Gasteiger partial charge is 0.497 e. The van der Waals surface area contributed by atoms with E-state index >= 15 is 0 Å². The number of nitrogens with zero attached hydrogens (tertiary/aromatic N) is 2. The average Bonchev–Trinajstić information content (AvgIpc) is 3.12. The molecule has 1 aromatic heterocycles. The first kappa shape index (κ1) is 22.5. The van der Waals surface area contributed by atoms with Gasteiger partial charge >= 0.3 is 0 Å². The molecular formula is C22H23N5O5S. The van der Waals surface area contributed by atoms with Crippen LogP contribution < -0.4 is 20.5 Å². The first-order valence-corrected chi connectivity index (χ1v) is 11.6. The average molecular weight is 470 g/mol. The minimum atomic E-state index is -3.96. The van der Waals surface area contributed by atoms with E-state index in [4.69, 9.17) is 10.5 Å². The maximum absolute atomic E-state index is 12.9. The van der Waals surface area contributed by atoms with E-state index < -0.39 is 27.9 Å². The number of anilines is 2. The number of methoxy groups -OCH3 is 1. The van der Waals surface area contributed by atoms with Crippen LogP contribution in [0.5, 0.6) is 5.75 Å². The summed E-state index contributed by atoms with van der Waals surface area (Å²) in [6, 6.07) is 10.7. The number of aromatic nitrogens is 1. The molecule has 0 radical (unpaired) electrons. The summed E-state index contributed by atoms with van der Waals surface area (Å²) in [4.78, 5) is 30.3. The van der Waals surface area contributed by atoms with Crippen LogP contribution in [-0.2, 0) is 19.6 Å². The summed E-state index contributed by atoms with van der Waals surface area (Å²) in [7, 11) is -2.42. The third-order valence-electron chi connectivity index (χ3n) is 5.38. The Morgan fingerprint density at radius 2 is 2.00 bits per heavy atom. The SMILES string of the molecule is COc1ccc2ccc(S(=O)(=O)NC3CCN(CC(=O)Nc4ccncc4N)C3=O)cc2c1. The number of benzene rings is 2. The number of nitrogens with one attached hydrogen (secondary N) is 2. The molecule has 0 aliphatic carbocycles. The van der Waals surface area contributed by atoms with Crippen molar-refractivity contribution in [3.05, 3.63) is 54.9 Å². The number of fused-ring (bicyclic) bond motifs is 1. The Labute approximate surface area is 190 Å². The fraction of sp³-hybridized carbons (Fsp3) is 0.227. The van der Waals surface area contributed by atoms with Crippen LogP contribution in [0.25, 0.3) is 10.8 Å². The normalized spacial score (nSPS) is 16.2. The van der Waals surface area contributed by atoms with Crippen molar-refractivity contribution in [3.8, 4) is 5.75 Å². The fourth-order valence-electron chi connectivity index (χ4n) is 3.64. The molecule has 2 heterocycles. The number of carbonyl (C=O) groups excluding carboxylic acids is 2. The van der Waals surface area contributed by atoms with E-state index in [-0.39, 0.29) is 24.4 Å². The second-order valence-corrected chi connectivity index (χ2v) is 9.32. The number of nitrogens with two attached hydrogens (primary N) is 1. The van der Waals surface area contributed by atoms with E-state index in [2.05, 4.69) is 15.0 Å². The first-order chi connectivity index (χ1) is 15.8. The molecule has 0 bridgehead atoms. The van der Waals surface area contributed by atoms with Crippen molar-refractivity contribution in [1.82, 2.24) is 14.6 Å². The molecule has 0 saturated carbocycles. The molecule has 33 heavy (non-hydrogen) atoms. The van der Waals surface area contributed by atoms with Gasteiger partial charge in [-0.05, 0) is 47.5 Å². The van der Waals surface area contributed by atoms with Gasteiger partial charge in [0.2, 0.25) is 21.8 Å². The van der Waals surface area contributed by atoms with E-state index in [1.165, 1.54) is 36.5 Å². The summed E-state index contributed by atoms with van der Waals surface area (Å²) in [6.45, 7) is 0.0365. The van der Waals surface area contributed by atoms with E-state index in [1.807, 2.05) is 6.07 Å². The lowest BCUT2D eigenvalue weighted by Crippen LogP contribution is -2.43. The second kappa shape index (κ2) is 9.04. The number of carbonyl (C=O) groups is 2. The predicted octanol–water partition coefficient (Wildman–Crippen LogP) is 1.34. The van der Waals surface area contributed by atoms with Crippen molar-refractivity contribution in [1.29, 1.82) is 0 Å². The molecule has 4 rings (SSSR count). The molecule has 1 saturated heterocycles. The van der Waals surface area contributed by atoms with Crippen LogP contribution in [0.2, 0.25) is 0 Å². The highest BCUT2D eigenvalue weighted by atomic mass is 32.2. The van der Waals surface area contributed by atoms with Crippen LogP contribution in [0.1, 0.15) is 6.42 Å². The first-order valence-electron chi connectivity index (χ1n) is 10.1. The van der Waals surface area contributed by atoms with Crippen molar-refractivity contribution < 1.29 is 22.7 Å². The molecule has 4 N–H and O–H groups in total. The Morgan fingerprint density at radius 1 is 1.21 bits per heavy atom. The van der Waals surface area contributed by atoms with Crippen molar-refractivity contribution in [2.24, 2.45) is 0 Å². The standard InChI is InChI=1S/C22H23N5O5S/c1-32-16-4-2-14-3-5-17(11-15(14)10-16)33(30,31)26-20-7-9-27(22(20)29)13-21(28)25-19-6-8-24-12-18(19)23/h2-6,8,10-12,20,26H,7,9,13,23H2,1H3,(H,24,25,28). The summed E-state index contributed by atoms with van der Waals surface area (Å²) >= 11 is 0. The lowest BCUT2D eigenvalue weighted by Gasteiger charge is -2.17. The molecule has 1 unspecified atom stereocenters. The summed E-state index contributed by atoms with van der Waals surface area (Å²) in [5, 5.41) is 4.18. The van der Waals surface area contributed by atoms with Gasteiger partial charge in [-0.2, -0.15) is 4.72 Å². The third kappa shape index (κ3) is 4.89. The van der Waals surface area contributed by atoms with Crippen molar-refractivity contribution in [2.45, 2.75) is 17.4 Å². The van der Waals surface area contributed by atoms with Crippen LogP contribution in [0.3, 0.4) is 0 Å². The summed E-state index contributed by atoms with van der Waals surface area (Å²) < 4.78 is 33.5. The highest BCUT2D eigenvalue weighted by Crippen LogP contribution is 2.24. The van der Waals surface area contributed by atoms with Crippen molar-refractivity contribution >= 4 is 44.0 Å². The van der Waals surface area contributed by atoms with Gasteiger partial charge in [-0.3, -0.25) is 14.6 Å². The molecule has 0 spiro atoms. The minimum absolute atomic E-state index is 0.0420. The van der Waals surface area contributed by atoms with Crippen LogP contribution in [-0.4, -0.2) is 56.4 Å². The molecule has 2 amide bonds. The Balaban J connectivity index is 1.43. The van der Waals surface area contributed by atoms with Gasteiger partial charge in [0.15, 0.2) is 0 Å². The van der Waals surface area contributed by atoms with Crippen LogP contribution >= 0.6 is 0 Å². The van der Waals surface area contributed by atoms with E-state index in [0.29, 0.717) is 22.5 Å². The van der Waals surface area contributed by atoms with Gasteiger partial charge in [0.1, 0.15) is 11.8 Å². The molecular weight excluding hydrogens is 446 g/mol. The number of pyridine rings is 1. The third-order valence-corrected chi connectivity index (χ3v) is 6.85. The quantitative estimate of drug-likeness (QED) is 0.474. The van der Waals surface area contributed by atoms with Gasteiger partial charge in [-0.15, -0.1) is 0 Å². The van der Waals surface area contributed by atoms with Gasteiger partial charge < -0.3 is 20.7 Å². The molecule has 3 aromatic rings. The smallest absolute Gasteiger partial charge is 0.244 e. The maximum atomic E-state index is 12.9. The Morgan fingerprint density at radius 3 is 2.76 bits per heavy atom. The summed E-state index contributed by atoms with van der Waals surface area (Å²) in [5.74, 6) is -0.287. The molecule has 2 aromatic carbocycles. The Kier molecular flexibility index (Phi) is 6.16. The number of rotatable bonds is 7. The number of hydrogen-bond donors (Lipinski definition) is 3. The van der Waals surface area contributed by atoms with Gasteiger partial charge in [0.05, 0.1) is 36.1 Å². The fourth-order valence-corrected chi connectivity index (χ4v) is 4.90. The summed E-state index contributed by atoms with van der Waals surface area (Å²) in [6.07, 6.45) is 3.15. The second-order valence-electron chi connectivity index (χ2n) is 7.61. The highest BCUT2D eigenvalue weighted by Gasteiger charge is 2.35. The zero-order valence-electron chi connectivity index (χ0n) is 17.8. The van der Waals surface area contributed by atoms with Crippen molar-refractivity contribution in [3.63, 3.8) is 0 Å². The number of ether oxygens (including phenoxy) is 1.